The molecule has 1 unspecified atom stereocenters. The topological polar surface area (TPSA) is 29.9 Å². The van der Waals surface area contributed by atoms with Gasteiger partial charge in [-0.3, -0.25) is 4.68 Å². The summed E-state index contributed by atoms with van der Waals surface area (Å²) in [5, 5.41) is 7.80. The molecule has 1 heterocycles. The molecule has 108 valence electrons. The van der Waals surface area contributed by atoms with Crippen molar-refractivity contribution in [3.63, 3.8) is 0 Å². The standard InChI is InChI=1S/C16H29N3/c1-16(2)9-7-14(8-10-16)15(17-3)6-5-13-11-18-19(4)12-13/h11-12,14-15,17H,5-10H2,1-4H3. The molecule has 0 bridgehead atoms. The first-order chi connectivity index (χ1) is 9.00. The summed E-state index contributed by atoms with van der Waals surface area (Å²) in [6, 6.07) is 0.663. The van der Waals surface area contributed by atoms with Gasteiger partial charge in [-0.1, -0.05) is 13.8 Å². The third-order valence-corrected chi connectivity index (χ3v) is 4.83. The SMILES string of the molecule is CNC(CCc1cnn(C)c1)C1CCC(C)(C)CC1. The lowest BCUT2D eigenvalue weighted by Crippen LogP contribution is -2.37. The normalized spacial score (nSPS) is 21.5. The number of nitrogens with one attached hydrogen (secondary N) is 1. The van der Waals surface area contributed by atoms with Crippen LogP contribution in [0.1, 0.15) is 51.5 Å². The van der Waals surface area contributed by atoms with Crippen molar-refractivity contribution in [3.8, 4) is 0 Å². The first-order valence-corrected chi connectivity index (χ1v) is 7.65. The molecule has 1 atom stereocenters. The highest BCUT2D eigenvalue weighted by atomic mass is 15.2. The van der Waals surface area contributed by atoms with Crippen molar-refractivity contribution < 1.29 is 0 Å². The van der Waals surface area contributed by atoms with Gasteiger partial charge >= 0.3 is 0 Å². The molecule has 1 aromatic heterocycles. The van der Waals surface area contributed by atoms with E-state index >= 15 is 0 Å². The second kappa shape index (κ2) is 6.08. The molecule has 3 nitrogen and oxygen atoms in total. The third-order valence-electron chi connectivity index (χ3n) is 4.83. The molecule has 19 heavy (non-hydrogen) atoms. The quantitative estimate of drug-likeness (QED) is 0.884. The Hall–Kier alpha value is -0.830. The van der Waals surface area contributed by atoms with Crippen LogP contribution >= 0.6 is 0 Å². The molecule has 0 radical (unpaired) electrons. The van der Waals surface area contributed by atoms with Crippen LogP contribution in [0.4, 0.5) is 0 Å². The van der Waals surface area contributed by atoms with Crippen molar-refractivity contribution in [2.45, 2.75) is 58.4 Å². The van der Waals surface area contributed by atoms with Gasteiger partial charge in [0.1, 0.15) is 0 Å². The van der Waals surface area contributed by atoms with Gasteiger partial charge in [0.2, 0.25) is 0 Å². The predicted molar refractivity (Wildman–Crippen MR) is 80.1 cm³/mol. The van der Waals surface area contributed by atoms with Crippen molar-refractivity contribution >= 4 is 0 Å². The van der Waals surface area contributed by atoms with Gasteiger partial charge in [0.05, 0.1) is 6.20 Å². The summed E-state index contributed by atoms with van der Waals surface area (Å²) in [7, 11) is 4.11. The van der Waals surface area contributed by atoms with E-state index in [0.717, 1.165) is 12.3 Å². The summed E-state index contributed by atoms with van der Waals surface area (Å²) in [6.07, 6.45) is 12.0. The summed E-state index contributed by atoms with van der Waals surface area (Å²) in [6.45, 7) is 4.82. The summed E-state index contributed by atoms with van der Waals surface area (Å²) in [5.74, 6) is 0.856. The van der Waals surface area contributed by atoms with Crippen LogP contribution in [0.2, 0.25) is 0 Å². The Bertz CT molecular complexity index is 384. The van der Waals surface area contributed by atoms with Gasteiger partial charge in [-0.2, -0.15) is 5.10 Å². The monoisotopic (exact) mass is 263 g/mol. The van der Waals surface area contributed by atoms with E-state index in [1.54, 1.807) is 0 Å². The largest absolute Gasteiger partial charge is 0.317 e. The average Bonchev–Trinajstić information content (AvgIpc) is 2.77. The van der Waals surface area contributed by atoms with Crippen molar-refractivity contribution in [3.05, 3.63) is 18.0 Å². The van der Waals surface area contributed by atoms with E-state index in [2.05, 4.69) is 37.5 Å². The minimum atomic E-state index is 0.568. The lowest BCUT2D eigenvalue weighted by Gasteiger charge is -2.38. The smallest absolute Gasteiger partial charge is 0.0521 e. The van der Waals surface area contributed by atoms with Crippen LogP contribution < -0.4 is 5.32 Å². The van der Waals surface area contributed by atoms with Crippen LogP contribution in [-0.4, -0.2) is 22.9 Å². The van der Waals surface area contributed by atoms with Gasteiger partial charge in [-0.05, 0) is 62.5 Å². The minimum Gasteiger partial charge on any atom is -0.317 e. The van der Waals surface area contributed by atoms with Crippen LogP contribution in [-0.2, 0) is 13.5 Å². The average molecular weight is 263 g/mol. The van der Waals surface area contributed by atoms with Gasteiger partial charge in [-0.15, -0.1) is 0 Å². The Morgan fingerprint density at radius 3 is 2.63 bits per heavy atom. The van der Waals surface area contributed by atoms with Crippen LogP contribution in [0.15, 0.2) is 12.4 Å². The van der Waals surface area contributed by atoms with Crippen molar-refractivity contribution in [1.82, 2.24) is 15.1 Å². The second-order valence-corrected chi connectivity index (χ2v) is 6.96. The number of rotatable bonds is 5. The van der Waals surface area contributed by atoms with E-state index in [0.29, 0.717) is 11.5 Å². The van der Waals surface area contributed by atoms with E-state index in [9.17, 15) is 0 Å². The molecule has 2 rings (SSSR count). The number of hydrogen-bond donors (Lipinski definition) is 1. The maximum Gasteiger partial charge on any atom is 0.0521 e. The first kappa shape index (κ1) is 14.6. The van der Waals surface area contributed by atoms with Gasteiger partial charge in [0, 0.05) is 19.3 Å². The number of nitrogens with zero attached hydrogens (tertiary/aromatic N) is 2. The Labute approximate surface area is 117 Å². The van der Waals surface area contributed by atoms with Crippen LogP contribution in [0.25, 0.3) is 0 Å². The Balaban J connectivity index is 1.83. The summed E-state index contributed by atoms with van der Waals surface area (Å²) in [4.78, 5) is 0. The zero-order valence-corrected chi connectivity index (χ0v) is 12.9. The van der Waals surface area contributed by atoms with Gasteiger partial charge in [-0.25, -0.2) is 0 Å². The van der Waals surface area contributed by atoms with E-state index in [4.69, 9.17) is 0 Å². The Morgan fingerprint density at radius 1 is 1.42 bits per heavy atom. The molecule has 0 amide bonds. The molecule has 1 aliphatic rings. The van der Waals surface area contributed by atoms with Crippen LogP contribution in [0, 0.1) is 11.3 Å². The number of aryl methyl sites for hydroxylation is 2. The number of hydrogen-bond acceptors (Lipinski definition) is 2. The lowest BCUT2D eigenvalue weighted by molar-refractivity contribution is 0.160. The highest BCUT2D eigenvalue weighted by Gasteiger charge is 2.30. The first-order valence-electron chi connectivity index (χ1n) is 7.65. The van der Waals surface area contributed by atoms with E-state index < -0.39 is 0 Å². The zero-order chi connectivity index (χ0) is 13.9. The zero-order valence-electron chi connectivity index (χ0n) is 12.9. The maximum absolute atomic E-state index is 4.25. The summed E-state index contributed by atoms with van der Waals surface area (Å²) >= 11 is 0. The predicted octanol–water partition coefficient (Wildman–Crippen LogP) is 3.16. The molecule has 0 aliphatic heterocycles. The third kappa shape index (κ3) is 4.07. The molecule has 1 aliphatic carbocycles. The van der Waals surface area contributed by atoms with Gasteiger partial charge < -0.3 is 5.32 Å². The molecule has 0 aromatic carbocycles. The Morgan fingerprint density at radius 2 is 2.11 bits per heavy atom. The lowest BCUT2D eigenvalue weighted by atomic mass is 9.70. The van der Waals surface area contributed by atoms with Crippen molar-refractivity contribution in [2.24, 2.45) is 18.4 Å². The fourth-order valence-electron chi connectivity index (χ4n) is 3.36. The molecule has 0 saturated heterocycles. The maximum atomic E-state index is 4.25. The minimum absolute atomic E-state index is 0.568. The van der Waals surface area contributed by atoms with Crippen molar-refractivity contribution in [2.75, 3.05) is 7.05 Å². The molecule has 1 saturated carbocycles. The molecule has 1 N–H and O–H groups in total. The fourth-order valence-corrected chi connectivity index (χ4v) is 3.36. The molecular formula is C16H29N3. The molecular weight excluding hydrogens is 234 g/mol. The molecule has 0 spiro atoms. The second-order valence-electron chi connectivity index (χ2n) is 6.96. The summed E-state index contributed by atoms with van der Waals surface area (Å²) in [5.41, 5.74) is 1.93. The van der Waals surface area contributed by atoms with Crippen molar-refractivity contribution in [1.29, 1.82) is 0 Å². The highest BCUT2D eigenvalue weighted by Crippen LogP contribution is 2.39. The van der Waals surface area contributed by atoms with Crippen LogP contribution in [0.3, 0.4) is 0 Å². The molecule has 1 fully saturated rings. The molecule has 1 aromatic rings. The summed E-state index contributed by atoms with van der Waals surface area (Å²) < 4.78 is 1.90. The van der Waals surface area contributed by atoms with E-state index in [1.807, 2.05) is 17.9 Å². The van der Waals surface area contributed by atoms with E-state index in [1.165, 1.54) is 37.7 Å². The van der Waals surface area contributed by atoms with E-state index in [-0.39, 0.29) is 0 Å². The van der Waals surface area contributed by atoms with Gasteiger partial charge in [0.15, 0.2) is 0 Å². The fraction of sp³-hybridized carbons (Fsp3) is 0.812. The van der Waals surface area contributed by atoms with Crippen LogP contribution in [0.5, 0.6) is 0 Å². The number of aromatic nitrogens is 2. The van der Waals surface area contributed by atoms with Gasteiger partial charge in [0.25, 0.3) is 0 Å². The Kier molecular flexibility index (Phi) is 4.67. The molecule has 3 heteroatoms. The highest BCUT2D eigenvalue weighted by molar-refractivity contribution is 5.04.